The molecule has 104 valence electrons. The van der Waals surface area contributed by atoms with Gasteiger partial charge in [-0.2, -0.15) is 0 Å². The van der Waals surface area contributed by atoms with Gasteiger partial charge in [0.2, 0.25) is 5.91 Å². The predicted octanol–water partition coefficient (Wildman–Crippen LogP) is 2.30. The smallest absolute Gasteiger partial charge is 0.250 e. The van der Waals surface area contributed by atoms with Crippen LogP contribution in [0.5, 0.6) is 0 Å². The molecule has 0 radical (unpaired) electrons. The fourth-order valence-electron chi connectivity index (χ4n) is 1.93. The molecule has 0 atom stereocenters. The van der Waals surface area contributed by atoms with Crippen LogP contribution < -0.4 is 10.6 Å². The van der Waals surface area contributed by atoms with Gasteiger partial charge < -0.3 is 15.4 Å². The molecule has 6 heteroatoms. The molecule has 1 amide bonds. The summed E-state index contributed by atoms with van der Waals surface area (Å²) in [4.78, 5) is 11.7. The number of halogens is 2. The summed E-state index contributed by atoms with van der Waals surface area (Å²) in [5.41, 5.74) is 0.548. The van der Waals surface area contributed by atoms with Crippen molar-refractivity contribution in [2.45, 2.75) is 18.9 Å². The Morgan fingerprint density at radius 3 is 2.89 bits per heavy atom. The highest BCUT2D eigenvalue weighted by Crippen LogP contribution is 2.20. The number of hydrogen-bond acceptors (Lipinski definition) is 3. The number of nitrogens with one attached hydrogen (secondary N) is 2. The van der Waals surface area contributed by atoms with Crippen molar-refractivity contribution in [3.63, 3.8) is 0 Å². The lowest BCUT2D eigenvalue weighted by atomic mass is 10.1. The van der Waals surface area contributed by atoms with E-state index in [1.54, 1.807) is 0 Å². The molecule has 1 aliphatic rings. The molecule has 1 aromatic carbocycles. The van der Waals surface area contributed by atoms with Gasteiger partial charge in [-0.05, 0) is 60.1 Å². The third-order valence-corrected chi connectivity index (χ3v) is 3.55. The van der Waals surface area contributed by atoms with Gasteiger partial charge in [-0.3, -0.25) is 4.79 Å². The van der Waals surface area contributed by atoms with Crippen molar-refractivity contribution in [2.75, 3.05) is 25.0 Å². The van der Waals surface area contributed by atoms with Crippen LogP contribution in [0.25, 0.3) is 0 Å². The molecule has 19 heavy (non-hydrogen) atoms. The van der Waals surface area contributed by atoms with Gasteiger partial charge in [0, 0.05) is 5.69 Å². The van der Waals surface area contributed by atoms with Crippen LogP contribution in [0, 0.1) is 5.82 Å². The number of carbonyl (C=O) groups excluding carboxylic acids is 1. The SMILES string of the molecule is O=C(COC1CCNCC1)Nc1ccc(F)c(Br)c1. The second kappa shape index (κ2) is 6.98. The molecule has 0 aromatic heterocycles. The normalized spacial score (nSPS) is 16.3. The Labute approximate surface area is 119 Å². The molecule has 2 rings (SSSR count). The van der Waals surface area contributed by atoms with Crippen molar-refractivity contribution in [1.29, 1.82) is 0 Å². The average molecular weight is 331 g/mol. The van der Waals surface area contributed by atoms with E-state index in [-0.39, 0.29) is 24.4 Å². The van der Waals surface area contributed by atoms with Crippen molar-refractivity contribution in [3.8, 4) is 0 Å². The molecule has 1 heterocycles. The maximum absolute atomic E-state index is 13.0. The number of ether oxygens (including phenoxy) is 1. The van der Waals surface area contributed by atoms with Gasteiger partial charge >= 0.3 is 0 Å². The van der Waals surface area contributed by atoms with Gasteiger partial charge in [0.25, 0.3) is 0 Å². The average Bonchev–Trinajstić information content (AvgIpc) is 2.42. The lowest BCUT2D eigenvalue weighted by molar-refractivity contribution is -0.123. The second-order valence-corrected chi connectivity index (χ2v) is 5.29. The van der Waals surface area contributed by atoms with E-state index in [0.29, 0.717) is 10.2 Å². The van der Waals surface area contributed by atoms with Gasteiger partial charge in [0.05, 0.1) is 10.6 Å². The lowest BCUT2D eigenvalue weighted by Gasteiger charge is -2.22. The Hall–Kier alpha value is -0.980. The summed E-state index contributed by atoms with van der Waals surface area (Å²) in [7, 11) is 0. The Balaban J connectivity index is 1.78. The van der Waals surface area contributed by atoms with Gasteiger partial charge in [-0.25, -0.2) is 4.39 Å². The number of benzene rings is 1. The van der Waals surface area contributed by atoms with Crippen LogP contribution in [0.15, 0.2) is 22.7 Å². The van der Waals surface area contributed by atoms with Crippen molar-refractivity contribution in [1.82, 2.24) is 5.32 Å². The molecule has 0 bridgehead atoms. The molecular weight excluding hydrogens is 315 g/mol. The van der Waals surface area contributed by atoms with Crippen LogP contribution in [-0.2, 0) is 9.53 Å². The summed E-state index contributed by atoms with van der Waals surface area (Å²) >= 11 is 3.07. The summed E-state index contributed by atoms with van der Waals surface area (Å²) in [5, 5.41) is 5.91. The highest BCUT2D eigenvalue weighted by Gasteiger charge is 2.15. The molecule has 0 aliphatic carbocycles. The predicted molar refractivity (Wildman–Crippen MR) is 74.6 cm³/mol. The van der Waals surface area contributed by atoms with Gasteiger partial charge in [-0.15, -0.1) is 0 Å². The van der Waals surface area contributed by atoms with Crippen LogP contribution in [0.2, 0.25) is 0 Å². The minimum atomic E-state index is -0.357. The van der Waals surface area contributed by atoms with Crippen LogP contribution >= 0.6 is 15.9 Å². The van der Waals surface area contributed by atoms with Crippen molar-refractivity contribution in [3.05, 3.63) is 28.5 Å². The molecule has 1 aromatic rings. The lowest BCUT2D eigenvalue weighted by Crippen LogP contribution is -2.34. The first-order valence-electron chi connectivity index (χ1n) is 6.22. The maximum atomic E-state index is 13.0. The van der Waals surface area contributed by atoms with Crippen LogP contribution in [0.1, 0.15) is 12.8 Å². The van der Waals surface area contributed by atoms with E-state index >= 15 is 0 Å². The number of anilines is 1. The number of piperidine rings is 1. The highest BCUT2D eigenvalue weighted by molar-refractivity contribution is 9.10. The molecule has 1 fully saturated rings. The number of rotatable bonds is 4. The van der Waals surface area contributed by atoms with E-state index < -0.39 is 0 Å². The molecule has 4 nitrogen and oxygen atoms in total. The first-order valence-corrected chi connectivity index (χ1v) is 7.01. The Morgan fingerprint density at radius 1 is 1.47 bits per heavy atom. The number of amides is 1. The third-order valence-electron chi connectivity index (χ3n) is 2.94. The zero-order chi connectivity index (χ0) is 13.7. The summed E-state index contributed by atoms with van der Waals surface area (Å²) in [5.74, 6) is -0.582. The van der Waals surface area contributed by atoms with Crippen molar-refractivity contribution >= 4 is 27.5 Å². The monoisotopic (exact) mass is 330 g/mol. The van der Waals surface area contributed by atoms with E-state index in [1.807, 2.05) is 0 Å². The molecule has 1 saturated heterocycles. The van der Waals surface area contributed by atoms with Crippen molar-refractivity contribution < 1.29 is 13.9 Å². The van der Waals surface area contributed by atoms with Gasteiger partial charge in [0.1, 0.15) is 12.4 Å². The Kier molecular flexibility index (Phi) is 5.30. The first kappa shape index (κ1) is 14.4. The van der Waals surface area contributed by atoms with Crippen LogP contribution in [0.3, 0.4) is 0 Å². The van der Waals surface area contributed by atoms with E-state index in [2.05, 4.69) is 26.6 Å². The third kappa shape index (κ3) is 4.56. The molecular formula is C13H16BrFN2O2. The first-order chi connectivity index (χ1) is 9.15. The van der Waals surface area contributed by atoms with Gasteiger partial charge in [0.15, 0.2) is 0 Å². The summed E-state index contributed by atoms with van der Waals surface area (Å²) in [6.45, 7) is 1.88. The summed E-state index contributed by atoms with van der Waals surface area (Å²) < 4.78 is 18.9. The Morgan fingerprint density at radius 2 is 2.21 bits per heavy atom. The molecule has 0 unspecified atom stereocenters. The minimum absolute atomic E-state index is 0.0274. The zero-order valence-corrected chi connectivity index (χ0v) is 12.0. The van der Waals surface area contributed by atoms with E-state index in [4.69, 9.17) is 4.74 Å². The van der Waals surface area contributed by atoms with Crippen LogP contribution in [-0.4, -0.2) is 31.7 Å². The second-order valence-electron chi connectivity index (χ2n) is 4.44. The topological polar surface area (TPSA) is 50.4 Å². The number of carbonyl (C=O) groups is 1. The highest BCUT2D eigenvalue weighted by atomic mass is 79.9. The molecule has 0 saturated carbocycles. The van der Waals surface area contributed by atoms with Gasteiger partial charge in [-0.1, -0.05) is 0 Å². The maximum Gasteiger partial charge on any atom is 0.250 e. The number of hydrogen-bond donors (Lipinski definition) is 2. The largest absolute Gasteiger partial charge is 0.368 e. The molecule has 2 N–H and O–H groups in total. The van der Waals surface area contributed by atoms with E-state index in [0.717, 1.165) is 25.9 Å². The van der Waals surface area contributed by atoms with Crippen LogP contribution in [0.4, 0.5) is 10.1 Å². The summed E-state index contributed by atoms with van der Waals surface area (Å²) in [6, 6.07) is 4.34. The molecule has 0 spiro atoms. The fourth-order valence-corrected chi connectivity index (χ4v) is 2.31. The fraction of sp³-hybridized carbons (Fsp3) is 0.462. The quantitative estimate of drug-likeness (QED) is 0.890. The van der Waals surface area contributed by atoms with E-state index in [1.165, 1.54) is 18.2 Å². The standard InChI is InChI=1S/C13H16BrFN2O2/c14-11-7-9(1-2-12(11)15)17-13(18)8-19-10-3-5-16-6-4-10/h1-2,7,10,16H,3-6,8H2,(H,17,18). The van der Waals surface area contributed by atoms with Crippen molar-refractivity contribution in [2.24, 2.45) is 0 Å². The summed E-state index contributed by atoms with van der Waals surface area (Å²) in [6.07, 6.45) is 2.00. The minimum Gasteiger partial charge on any atom is -0.368 e. The molecule has 1 aliphatic heterocycles. The zero-order valence-electron chi connectivity index (χ0n) is 10.4. The Bertz CT molecular complexity index is 450. The van der Waals surface area contributed by atoms with E-state index in [9.17, 15) is 9.18 Å².